The molecule has 0 fully saturated rings. The smallest absolute Gasteiger partial charge is 0.287 e. The van der Waals surface area contributed by atoms with Gasteiger partial charge >= 0.3 is 0 Å². The lowest BCUT2D eigenvalue weighted by atomic mass is 10.2. The van der Waals surface area contributed by atoms with Crippen LogP contribution in [0.2, 0.25) is 0 Å². The molecule has 0 bridgehead atoms. The third kappa shape index (κ3) is 3.22. The summed E-state index contributed by atoms with van der Waals surface area (Å²) in [6, 6.07) is 0. The molecular formula is C7H13NO2. The number of hydrogen-bond donors (Lipinski definition) is 1. The topological polar surface area (TPSA) is 46.2 Å². The van der Waals surface area contributed by atoms with Crippen LogP contribution >= 0.6 is 0 Å². The lowest BCUT2D eigenvalue weighted by Crippen LogP contribution is -2.30. The number of likely N-dealkylation sites (N-methyl/N-ethyl adjacent to an activating group) is 1. The fraction of sp³-hybridized carbons (Fsp3) is 0.714. The molecule has 0 aromatic heterocycles. The van der Waals surface area contributed by atoms with Crippen LogP contribution in [0.5, 0.6) is 0 Å². The highest BCUT2D eigenvalue weighted by atomic mass is 16.2. The van der Waals surface area contributed by atoms with Gasteiger partial charge in [0.15, 0.2) is 0 Å². The summed E-state index contributed by atoms with van der Waals surface area (Å²) >= 11 is 0. The number of ketones is 1. The van der Waals surface area contributed by atoms with Gasteiger partial charge in [-0.15, -0.1) is 0 Å². The molecule has 0 aromatic rings. The first-order valence-electron chi connectivity index (χ1n) is 3.53. The van der Waals surface area contributed by atoms with E-state index < -0.39 is 5.91 Å². The summed E-state index contributed by atoms with van der Waals surface area (Å²) in [5, 5.41) is 2.44. The first-order chi connectivity index (χ1) is 4.72. The van der Waals surface area contributed by atoms with E-state index in [1.54, 1.807) is 6.92 Å². The number of amides is 1. The lowest BCUT2D eigenvalue weighted by molar-refractivity contribution is -0.137. The predicted molar refractivity (Wildman–Crippen MR) is 38.6 cm³/mol. The fourth-order valence-electron chi connectivity index (χ4n) is 0.600. The van der Waals surface area contributed by atoms with E-state index in [4.69, 9.17) is 0 Å². The summed E-state index contributed by atoms with van der Waals surface area (Å²) in [6.07, 6.45) is 1.09. The summed E-state index contributed by atoms with van der Waals surface area (Å²) in [4.78, 5) is 21.4. The van der Waals surface area contributed by atoms with E-state index in [-0.39, 0.29) is 5.78 Å². The molecule has 0 radical (unpaired) electrons. The minimum atomic E-state index is -0.454. The Kier molecular flexibility index (Phi) is 4.54. The Bertz CT molecular complexity index is 116. The first-order valence-corrected chi connectivity index (χ1v) is 3.53. The number of carbonyl (C=O) groups excluding carboxylic acids is 2. The normalized spacial score (nSPS) is 9.00. The van der Waals surface area contributed by atoms with Crippen molar-refractivity contribution in [1.29, 1.82) is 0 Å². The zero-order valence-electron chi connectivity index (χ0n) is 6.44. The van der Waals surface area contributed by atoms with Crippen LogP contribution in [0, 0.1) is 0 Å². The molecule has 0 aliphatic rings. The summed E-state index contributed by atoms with van der Waals surface area (Å²) in [5.74, 6) is -0.770. The van der Waals surface area contributed by atoms with Gasteiger partial charge < -0.3 is 5.32 Å². The summed E-state index contributed by atoms with van der Waals surface area (Å²) in [7, 11) is 0. The van der Waals surface area contributed by atoms with Gasteiger partial charge in [-0.25, -0.2) is 0 Å². The molecule has 0 atom stereocenters. The highest BCUT2D eigenvalue weighted by Gasteiger charge is 2.09. The van der Waals surface area contributed by atoms with E-state index in [1.807, 2.05) is 6.92 Å². The largest absolute Gasteiger partial charge is 0.350 e. The van der Waals surface area contributed by atoms with Gasteiger partial charge in [0.05, 0.1) is 0 Å². The van der Waals surface area contributed by atoms with Crippen LogP contribution in [0.3, 0.4) is 0 Å². The van der Waals surface area contributed by atoms with E-state index in [0.717, 1.165) is 6.42 Å². The van der Waals surface area contributed by atoms with Crippen molar-refractivity contribution in [2.75, 3.05) is 6.54 Å². The zero-order valence-corrected chi connectivity index (χ0v) is 6.44. The van der Waals surface area contributed by atoms with Gasteiger partial charge in [-0.1, -0.05) is 6.92 Å². The molecule has 1 amide bonds. The van der Waals surface area contributed by atoms with Gasteiger partial charge in [0.1, 0.15) is 0 Å². The molecule has 10 heavy (non-hydrogen) atoms. The van der Waals surface area contributed by atoms with Crippen LogP contribution in [0.1, 0.15) is 26.7 Å². The van der Waals surface area contributed by atoms with Gasteiger partial charge in [-0.3, -0.25) is 9.59 Å². The molecule has 0 aromatic carbocycles. The highest BCUT2D eigenvalue weighted by molar-refractivity contribution is 6.36. The van der Waals surface area contributed by atoms with Gasteiger partial charge in [0, 0.05) is 13.0 Å². The number of hydrogen-bond acceptors (Lipinski definition) is 2. The van der Waals surface area contributed by atoms with Crippen LogP contribution in [-0.2, 0) is 9.59 Å². The van der Waals surface area contributed by atoms with E-state index in [0.29, 0.717) is 13.0 Å². The van der Waals surface area contributed by atoms with Gasteiger partial charge in [-0.05, 0) is 13.3 Å². The quantitative estimate of drug-likeness (QED) is 0.582. The van der Waals surface area contributed by atoms with Crippen molar-refractivity contribution in [1.82, 2.24) is 5.32 Å². The second-order valence-electron chi connectivity index (χ2n) is 2.03. The molecule has 0 saturated carbocycles. The Morgan fingerprint density at radius 2 is 1.90 bits per heavy atom. The monoisotopic (exact) mass is 143 g/mol. The Hall–Kier alpha value is -0.860. The van der Waals surface area contributed by atoms with Crippen LogP contribution in [0.4, 0.5) is 0 Å². The Balaban J connectivity index is 3.60. The average Bonchev–Trinajstić information content (AvgIpc) is 1.89. The van der Waals surface area contributed by atoms with Crippen LogP contribution in [0.15, 0.2) is 0 Å². The van der Waals surface area contributed by atoms with E-state index in [2.05, 4.69) is 5.32 Å². The molecule has 0 unspecified atom stereocenters. The summed E-state index contributed by atoms with van der Waals surface area (Å²) in [5.41, 5.74) is 0. The Morgan fingerprint density at radius 1 is 1.30 bits per heavy atom. The predicted octanol–water partition coefficient (Wildman–Crippen LogP) is 0.492. The van der Waals surface area contributed by atoms with Crippen molar-refractivity contribution in [2.24, 2.45) is 0 Å². The second-order valence-corrected chi connectivity index (χ2v) is 2.03. The standard InChI is InChI=1S/C7H13NO2/c1-3-5-6(9)7(10)8-4-2/h3-5H2,1-2H3,(H,8,10). The van der Waals surface area contributed by atoms with Crippen LogP contribution < -0.4 is 5.32 Å². The van der Waals surface area contributed by atoms with E-state index in [9.17, 15) is 9.59 Å². The van der Waals surface area contributed by atoms with E-state index in [1.165, 1.54) is 0 Å². The summed E-state index contributed by atoms with van der Waals surface area (Å²) in [6.45, 7) is 4.18. The van der Waals surface area contributed by atoms with Crippen molar-refractivity contribution in [3.05, 3.63) is 0 Å². The molecule has 3 nitrogen and oxygen atoms in total. The molecule has 58 valence electrons. The minimum absolute atomic E-state index is 0.315. The molecular weight excluding hydrogens is 130 g/mol. The molecule has 0 saturated heterocycles. The maximum Gasteiger partial charge on any atom is 0.287 e. The van der Waals surface area contributed by atoms with E-state index >= 15 is 0 Å². The van der Waals surface area contributed by atoms with Crippen molar-refractivity contribution in [2.45, 2.75) is 26.7 Å². The van der Waals surface area contributed by atoms with Crippen LogP contribution in [0.25, 0.3) is 0 Å². The minimum Gasteiger partial charge on any atom is -0.350 e. The highest BCUT2D eigenvalue weighted by Crippen LogP contribution is 1.87. The lowest BCUT2D eigenvalue weighted by Gasteiger charge is -1.97. The van der Waals surface area contributed by atoms with Crippen molar-refractivity contribution >= 4 is 11.7 Å². The molecule has 1 N–H and O–H groups in total. The maximum absolute atomic E-state index is 10.7. The third-order valence-corrected chi connectivity index (χ3v) is 1.07. The van der Waals surface area contributed by atoms with Gasteiger partial charge in [0.2, 0.25) is 5.78 Å². The number of nitrogens with one attached hydrogen (secondary N) is 1. The third-order valence-electron chi connectivity index (χ3n) is 1.07. The van der Waals surface area contributed by atoms with Crippen molar-refractivity contribution < 1.29 is 9.59 Å². The number of Topliss-reactive ketones (excluding diaryl/α,β-unsaturated/α-hetero) is 1. The van der Waals surface area contributed by atoms with Gasteiger partial charge in [0.25, 0.3) is 5.91 Å². The molecule has 0 spiro atoms. The first kappa shape index (κ1) is 9.14. The maximum atomic E-state index is 10.7. The second kappa shape index (κ2) is 4.97. The SMILES string of the molecule is CCCC(=O)C(=O)NCC. The zero-order chi connectivity index (χ0) is 7.98. The van der Waals surface area contributed by atoms with Crippen molar-refractivity contribution in [3.8, 4) is 0 Å². The Morgan fingerprint density at radius 3 is 2.30 bits per heavy atom. The van der Waals surface area contributed by atoms with Gasteiger partial charge in [-0.2, -0.15) is 0 Å². The summed E-state index contributed by atoms with van der Waals surface area (Å²) < 4.78 is 0. The molecule has 0 aliphatic carbocycles. The number of rotatable bonds is 4. The van der Waals surface area contributed by atoms with Crippen LogP contribution in [-0.4, -0.2) is 18.2 Å². The molecule has 0 heterocycles. The molecule has 3 heteroatoms. The number of carbonyl (C=O) groups is 2. The molecule has 0 aliphatic heterocycles. The van der Waals surface area contributed by atoms with Crippen molar-refractivity contribution in [3.63, 3.8) is 0 Å². The fourth-order valence-corrected chi connectivity index (χ4v) is 0.600. The average molecular weight is 143 g/mol. The Labute approximate surface area is 60.8 Å². The molecule has 0 rings (SSSR count).